The fourth-order valence-electron chi connectivity index (χ4n) is 4.08. The molecule has 0 spiro atoms. The fourth-order valence-corrected chi connectivity index (χ4v) is 4.08. The molecule has 1 N–H and O–H groups in total. The van der Waals surface area contributed by atoms with E-state index in [1.54, 1.807) is 0 Å². The molecule has 2 bridgehead atoms. The number of likely N-dealkylation sites (tertiary alicyclic amines) is 1. The van der Waals surface area contributed by atoms with Gasteiger partial charge < -0.3 is 10.2 Å². The van der Waals surface area contributed by atoms with Crippen LogP contribution in [-0.4, -0.2) is 60.0 Å². The lowest BCUT2D eigenvalue weighted by Crippen LogP contribution is -2.59. The van der Waals surface area contributed by atoms with E-state index in [2.05, 4.69) is 29.1 Å². The first-order chi connectivity index (χ1) is 9.10. The number of rotatable bonds is 1. The number of fused-ring (bicyclic) bond motifs is 2. The fraction of sp³-hybridized carbons (Fsp3) is 0.933. The van der Waals surface area contributed by atoms with Crippen molar-refractivity contribution in [3.8, 4) is 0 Å². The maximum Gasteiger partial charge on any atom is 0.242 e. The van der Waals surface area contributed by atoms with Crippen molar-refractivity contribution in [3.05, 3.63) is 0 Å². The van der Waals surface area contributed by atoms with Gasteiger partial charge >= 0.3 is 0 Å². The van der Waals surface area contributed by atoms with Crippen LogP contribution >= 0.6 is 0 Å². The summed E-state index contributed by atoms with van der Waals surface area (Å²) >= 11 is 0. The van der Waals surface area contributed by atoms with E-state index < -0.39 is 0 Å². The average Bonchev–Trinajstić information content (AvgIpc) is 2.63. The summed E-state index contributed by atoms with van der Waals surface area (Å²) in [5.41, 5.74) is -0.305. The number of hydrogen-bond acceptors (Lipinski definition) is 3. The minimum Gasteiger partial charge on any atom is -0.339 e. The molecular weight excluding hydrogens is 238 g/mol. The van der Waals surface area contributed by atoms with Crippen molar-refractivity contribution in [2.45, 2.75) is 63.1 Å². The SMILES string of the molecule is CN1C2CCC1CN(C(=O)C1(C)CCCCN1)CC2. The van der Waals surface area contributed by atoms with Crippen LogP contribution in [0.3, 0.4) is 0 Å². The molecule has 0 aromatic rings. The first kappa shape index (κ1) is 13.4. The lowest BCUT2D eigenvalue weighted by Gasteiger charge is -2.38. The van der Waals surface area contributed by atoms with Crippen molar-refractivity contribution < 1.29 is 4.79 Å². The van der Waals surface area contributed by atoms with Crippen LogP contribution in [0.1, 0.15) is 45.4 Å². The van der Waals surface area contributed by atoms with E-state index in [1.165, 1.54) is 25.7 Å². The third-order valence-corrected chi connectivity index (χ3v) is 5.53. The summed E-state index contributed by atoms with van der Waals surface area (Å²) in [5, 5.41) is 3.46. The van der Waals surface area contributed by atoms with Gasteiger partial charge in [0.1, 0.15) is 0 Å². The highest BCUT2D eigenvalue weighted by Gasteiger charge is 2.41. The normalized spacial score (nSPS) is 40.2. The Morgan fingerprint density at radius 1 is 1.21 bits per heavy atom. The van der Waals surface area contributed by atoms with E-state index >= 15 is 0 Å². The molecule has 0 saturated carbocycles. The molecule has 4 nitrogen and oxygen atoms in total. The lowest BCUT2D eigenvalue weighted by atomic mass is 9.89. The summed E-state index contributed by atoms with van der Waals surface area (Å²) in [5.74, 6) is 0.341. The molecular formula is C15H27N3O. The monoisotopic (exact) mass is 265 g/mol. The molecule has 3 fully saturated rings. The quantitative estimate of drug-likeness (QED) is 0.774. The molecule has 3 unspecified atom stereocenters. The van der Waals surface area contributed by atoms with E-state index in [1.807, 2.05) is 0 Å². The van der Waals surface area contributed by atoms with Crippen LogP contribution in [0.2, 0.25) is 0 Å². The van der Waals surface area contributed by atoms with Crippen molar-refractivity contribution in [2.75, 3.05) is 26.7 Å². The molecule has 3 aliphatic rings. The second kappa shape index (κ2) is 5.06. The molecule has 4 heteroatoms. The Morgan fingerprint density at radius 3 is 2.74 bits per heavy atom. The minimum atomic E-state index is -0.305. The number of nitrogens with one attached hydrogen (secondary N) is 1. The maximum absolute atomic E-state index is 12.9. The number of carbonyl (C=O) groups is 1. The van der Waals surface area contributed by atoms with Crippen LogP contribution in [0.25, 0.3) is 0 Å². The number of carbonyl (C=O) groups excluding carboxylic acids is 1. The first-order valence-electron chi connectivity index (χ1n) is 7.86. The van der Waals surface area contributed by atoms with Gasteiger partial charge in [0.2, 0.25) is 5.91 Å². The largest absolute Gasteiger partial charge is 0.339 e. The zero-order chi connectivity index (χ0) is 13.5. The second-order valence-electron chi connectivity index (χ2n) is 6.81. The van der Waals surface area contributed by atoms with Gasteiger partial charge in [0.25, 0.3) is 0 Å². The van der Waals surface area contributed by atoms with Gasteiger partial charge in [-0.1, -0.05) is 0 Å². The standard InChI is InChI=1S/C15H27N3O/c1-15(8-3-4-9-16-15)14(19)18-10-7-12-5-6-13(11-18)17(12)2/h12-13,16H,3-11H2,1-2H3. The van der Waals surface area contributed by atoms with E-state index in [-0.39, 0.29) is 5.54 Å². The highest BCUT2D eigenvalue weighted by atomic mass is 16.2. The number of nitrogens with zero attached hydrogens (tertiary/aromatic N) is 2. The van der Waals surface area contributed by atoms with Gasteiger partial charge in [-0.2, -0.15) is 0 Å². The number of likely N-dealkylation sites (N-methyl/N-ethyl adjacent to an activating group) is 1. The smallest absolute Gasteiger partial charge is 0.242 e. The Labute approximate surface area is 116 Å². The summed E-state index contributed by atoms with van der Waals surface area (Å²) in [4.78, 5) is 17.5. The number of piperidine rings is 1. The van der Waals surface area contributed by atoms with E-state index in [0.717, 1.165) is 32.5 Å². The summed E-state index contributed by atoms with van der Waals surface area (Å²) in [6.07, 6.45) is 7.10. The molecule has 1 amide bonds. The zero-order valence-electron chi connectivity index (χ0n) is 12.3. The summed E-state index contributed by atoms with van der Waals surface area (Å²) < 4.78 is 0. The molecule has 0 radical (unpaired) electrons. The van der Waals surface area contributed by atoms with Gasteiger partial charge in [-0.25, -0.2) is 0 Å². The van der Waals surface area contributed by atoms with Gasteiger partial charge in [0, 0.05) is 25.2 Å². The van der Waals surface area contributed by atoms with Crippen molar-refractivity contribution in [1.82, 2.24) is 15.1 Å². The molecule has 3 atom stereocenters. The van der Waals surface area contributed by atoms with Crippen LogP contribution < -0.4 is 5.32 Å². The van der Waals surface area contributed by atoms with Crippen LogP contribution in [0.4, 0.5) is 0 Å². The predicted molar refractivity (Wildman–Crippen MR) is 76.0 cm³/mol. The third-order valence-electron chi connectivity index (χ3n) is 5.53. The molecule has 3 saturated heterocycles. The van der Waals surface area contributed by atoms with Crippen LogP contribution in [-0.2, 0) is 4.79 Å². The second-order valence-corrected chi connectivity index (χ2v) is 6.81. The topological polar surface area (TPSA) is 35.6 Å². The van der Waals surface area contributed by atoms with Crippen molar-refractivity contribution in [2.24, 2.45) is 0 Å². The maximum atomic E-state index is 12.9. The minimum absolute atomic E-state index is 0.305. The van der Waals surface area contributed by atoms with Gasteiger partial charge in [0.05, 0.1) is 5.54 Å². The Bertz CT molecular complexity index is 351. The zero-order valence-corrected chi connectivity index (χ0v) is 12.3. The van der Waals surface area contributed by atoms with Crippen molar-refractivity contribution in [1.29, 1.82) is 0 Å². The van der Waals surface area contributed by atoms with Gasteiger partial charge in [-0.05, 0) is 59.0 Å². The van der Waals surface area contributed by atoms with Crippen LogP contribution in [0.5, 0.6) is 0 Å². The average molecular weight is 265 g/mol. The molecule has 3 rings (SSSR count). The van der Waals surface area contributed by atoms with Crippen molar-refractivity contribution >= 4 is 5.91 Å². The molecule has 19 heavy (non-hydrogen) atoms. The summed E-state index contributed by atoms with van der Waals surface area (Å²) in [6, 6.07) is 1.29. The predicted octanol–water partition coefficient (Wildman–Crippen LogP) is 1.21. The van der Waals surface area contributed by atoms with Crippen LogP contribution in [0, 0.1) is 0 Å². The molecule has 108 valence electrons. The van der Waals surface area contributed by atoms with E-state index in [0.29, 0.717) is 18.0 Å². The van der Waals surface area contributed by atoms with Crippen molar-refractivity contribution in [3.63, 3.8) is 0 Å². The van der Waals surface area contributed by atoms with E-state index in [4.69, 9.17) is 0 Å². The van der Waals surface area contributed by atoms with Gasteiger partial charge in [-0.15, -0.1) is 0 Å². The summed E-state index contributed by atoms with van der Waals surface area (Å²) in [7, 11) is 2.23. The van der Waals surface area contributed by atoms with Gasteiger partial charge in [0.15, 0.2) is 0 Å². The Hall–Kier alpha value is -0.610. The highest BCUT2D eigenvalue weighted by Crippen LogP contribution is 2.30. The molecule has 0 aliphatic carbocycles. The summed E-state index contributed by atoms with van der Waals surface area (Å²) in [6.45, 7) is 4.97. The Morgan fingerprint density at radius 2 is 2.00 bits per heavy atom. The molecule has 3 aliphatic heterocycles. The Balaban J connectivity index is 1.70. The number of amides is 1. The Kier molecular flexibility index (Phi) is 3.56. The molecule has 0 aromatic heterocycles. The number of hydrogen-bond donors (Lipinski definition) is 1. The van der Waals surface area contributed by atoms with Crippen LogP contribution in [0.15, 0.2) is 0 Å². The van der Waals surface area contributed by atoms with Gasteiger partial charge in [-0.3, -0.25) is 9.69 Å². The molecule has 3 heterocycles. The van der Waals surface area contributed by atoms with E-state index in [9.17, 15) is 4.79 Å². The first-order valence-corrected chi connectivity index (χ1v) is 7.86. The third kappa shape index (κ3) is 2.40. The molecule has 0 aromatic carbocycles. The lowest BCUT2D eigenvalue weighted by molar-refractivity contribution is -0.139. The highest BCUT2D eigenvalue weighted by molar-refractivity contribution is 5.86.